The molecule has 0 fully saturated rings. The zero-order valence-corrected chi connectivity index (χ0v) is 19.5. The summed E-state index contributed by atoms with van der Waals surface area (Å²) in [5.41, 5.74) is -0.120. The number of rotatable bonds is 10. The van der Waals surface area contributed by atoms with Crippen molar-refractivity contribution in [1.82, 2.24) is 16.0 Å². The Hall–Kier alpha value is -1.69. The van der Waals surface area contributed by atoms with Crippen molar-refractivity contribution in [2.75, 3.05) is 26.2 Å². The lowest BCUT2D eigenvalue weighted by Crippen LogP contribution is -2.42. The first-order valence-corrected chi connectivity index (χ1v) is 9.23. The van der Waals surface area contributed by atoms with E-state index in [0.717, 1.165) is 0 Å². The van der Waals surface area contributed by atoms with Crippen LogP contribution in [0.5, 0.6) is 5.75 Å². The van der Waals surface area contributed by atoms with Gasteiger partial charge in [-0.2, -0.15) is 8.78 Å². The van der Waals surface area contributed by atoms with Gasteiger partial charge in [-0.15, -0.1) is 24.0 Å². The molecule has 0 aliphatic carbocycles. The molecule has 1 unspecified atom stereocenters. The summed E-state index contributed by atoms with van der Waals surface area (Å²) in [6.45, 7) is 6.08. The summed E-state index contributed by atoms with van der Waals surface area (Å²) >= 11 is 0. The highest BCUT2D eigenvalue weighted by Crippen LogP contribution is 2.19. The molecule has 10 heteroatoms. The third kappa shape index (κ3) is 10.1. The molecule has 166 valence electrons. The Morgan fingerprint density at radius 3 is 2.24 bits per heavy atom. The first-order chi connectivity index (χ1) is 13.2. The zero-order valence-electron chi connectivity index (χ0n) is 17.2. The van der Waals surface area contributed by atoms with Crippen LogP contribution in [0.3, 0.4) is 0 Å². The van der Waals surface area contributed by atoms with Crippen LogP contribution in [0.25, 0.3) is 0 Å². The first-order valence-electron chi connectivity index (χ1n) is 9.23. The van der Waals surface area contributed by atoms with Crippen molar-refractivity contribution in [2.45, 2.75) is 40.4 Å². The summed E-state index contributed by atoms with van der Waals surface area (Å²) in [5, 5.41) is 19.2. The lowest BCUT2D eigenvalue weighted by molar-refractivity contribution is -0.128. The van der Waals surface area contributed by atoms with Crippen LogP contribution in [0.15, 0.2) is 29.3 Å². The number of aliphatic hydroxyl groups is 1. The molecule has 0 bridgehead atoms. The standard InChI is InChI=1S/C19H30F2N4O3.HI/c1-5-22-16(27)19(3,4)12-25-18(23-6-2)24-11-15(26)13-7-9-14(10-8-13)28-17(20)21;/h7-10,15,17,26H,5-6,11-12H2,1-4H3,(H,22,27)(H2,23,24,25);1H. The number of aliphatic imine (C=N–C) groups is 1. The van der Waals surface area contributed by atoms with Gasteiger partial charge in [0, 0.05) is 19.6 Å². The Balaban J connectivity index is 0.00000784. The molecule has 1 aromatic carbocycles. The van der Waals surface area contributed by atoms with Gasteiger partial charge in [0.1, 0.15) is 5.75 Å². The third-order valence-electron chi connectivity index (χ3n) is 3.88. The van der Waals surface area contributed by atoms with E-state index in [2.05, 4.69) is 25.7 Å². The van der Waals surface area contributed by atoms with Gasteiger partial charge in [0.25, 0.3) is 0 Å². The summed E-state index contributed by atoms with van der Waals surface area (Å²) in [6.07, 6.45) is -0.874. The minimum atomic E-state index is -2.89. The smallest absolute Gasteiger partial charge is 0.387 e. The Bertz CT molecular complexity index is 643. The number of nitrogens with one attached hydrogen (secondary N) is 3. The van der Waals surface area contributed by atoms with Crippen LogP contribution in [0.1, 0.15) is 39.4 Å². The van der Waals surface area contributed by atoms with Crippen molar-refractivity contribution < 1.29 is 23.4 Å². The molecule has 0 radical (unpaired) electrons. The summed E-state index contributed by atoms with van der Waals surface area (Å²) in [5.74, 6) is 0.415. The molecular formula is C19H31F2IN4O3. The van der Waals surface area contributed by atoms with Crippen LogP contribution in [0.2, 0.25) is 0 Å². The number of halogens is 3. The van der Waals surface area contributed by atoms with Crippen molar-refractivity contribution in [3.05, 3.63) is 29.8 Å². The fourth-order valence-corrected chi connectivity index (χ4v) is 2.27. The Labute approximate surface area is 187 Å². The van der Waals surface area contributed by atoms with Gasteiger partial charge in [0.2, 0.25) is 5.91 Å². The number of carbonyl (C=O) groups is 1. The van der Waals surface area contributed by atoms with E-state index >= 15 is 0 Å². The van der Waals surface area contributed by atoms with E-state index in [1.807, 2.05) is 27.7 Å². The molecule has 1 atom stereocenters. The van der Waals surface area contributed by atoms with Crippen molar-refractivity contribution in [2.24, 2.45) is 10.4 Å². The van der Waals surface area contributed by atoms with Gasteiger partial charge in [-0.25, -0.2) is 0 Å². The van der Waals surface area contributed by atoms with Gasteiger partial charge < -0.3 is 25.8 Å². The van der Waals surface area contributed by atoms with E-state index in [1.54, 1.807) is 0 Å². The summed E-state index contributed by atoms with van der Waals surface area (Å²) in [6, 6.07) is 5.79. The molecule has 0 aromatic heterocycles. The van der Waals surface area contributed by atoms with E-state index in [9.17, 15) is 18.7 Å². The van der Waals surface area contributed by atoms with Gasteiger partial charge in [0.15, 0.2) is 5.96 Å². The Kier molecular flexibility index (Phi) is 12.7. The lowest BCUT2D eigenvalue weighted by atomic mass is 9.92. The number of hydrogen-bond donors (Lipinski definition) is 4. The number of carbonyl (C=O) groups excluding carboxylic acids is 1. The topological polar surface area (TPSA) is 95.0 Å². The van der Waals surface area contributed by atoms with E-state index in [-0.39, 0.29) is 48.7 Å². The van der Waals surface area contributed by atoms with Crippen LogP contribution < -0.4 is 20.7 Å². The highest BCUT2D eigenvalue weighted by Gasteiger charge is 2.26. The predicted molar refractivity (Wildman–Crippen MR) is 120 cm³/mol. The molecule has 0 spiro atoms. The number of alkyl halides is 2. The quantitative estimate of drug-likeness (QED) is 0.213. The molecule has 0 aliphatic rings. The third-order valence-corrected chi connectivity index (χ3v) is 3.88. The molecule has 7 nitrogen and oxygen atoms in total. The zero-order chi connectivity index (χ0) is 21.2. The van der Waals surface area contributed by atoms with Gasteiger partial charge in [-0.1, -0.05) is 12.1 Å². The number of ether oxygens (including phenoxy) is 1. The molecule has 1 amide bonds. The maximum absolute atomic E-state index is 12.2. The molecule has 0 saturated carbocycles. The highest BCUT2D eigenvalue weighted by atomic mass is 127. The van der Waals surface area contributed by atoms with Gasteiger partial charge in [-0.05, 0) is 45.4 Å². The van der Waals surface area contributed by atoms with E-state index in [4.69, 9.17) is 0 Å². The molecule has 1 aromatic rings. The van der Waals surface area contributed by atoms with Crippen LogP contribution in [0.4, 0.5) is 8.78 Å². The van der Waals surface area contributed by atoms with Crippen molar-refractivity contribution in [1.29, 1.82) is 0 Å². The monoisotopic (exact) mass is 528 g/mol. The minimum absolute atomic E-state index is 0. The van der Waals surface area contributed by atoms with Crippen molar-refractivity contribution in [3.8, 4) is 5.75 Å². The molecule has 29 heavy (non-hydrogen) atoms. The maximum Gasteiger partial charge on any atom is 0.387 e. The number of benzene rings is 1. The van der Waals surface area contributed by atoms with E-state index in [1.165, 1.54) is 24.3 Å². The minimum Gasteiger partial charge on any atom is -0.435 e. The number of nitrogens with zero attached hydrogens (tertiary/aromatic N) is 1. The first kappa shape index (κ1) is 27.3. The van der Waals surface area contributed by atoms with Crippen molar-refractivity contribution in [3.63, 3.8) is 0 Å². The largest absolute Gasteiger partial charge is 0.435 e. The average molecular weight is 528 g/mol. The molecule has 0 aliphatic heterocycles. The second kappa shape index (κ2) is 13.5. The van der Waals surface area contributed by atoms with Crippen LogP contribution in [-0.4, -0.2) is 49.8 Å². The predicted octanol–water partition coefficient (Wildman–Crippen LogP) is 2.66. The highest BCUT2D eigenvalue weighted by molar-refractivity contribution is 14.0. The van der Waals surface area contributed by atoms with Crippen LogP contribution in [0, 0.1) is 5.41 Å². The molecule has 0 heterocycles. The summed E-state index contributed by atoms with van der Waals surface area (Å²) < 4.78 is 28.7. The van der Waals surface area contributed by atoms with Crippen molar-refractivity contribution >= 4 is 35.8 Å². The van der Waals surface area contributed by atoms with Gasteiger partial charge in [0.05, 0.1) is 18.1 Å². The molecule has 0 saturated heterocycles. The Morgan fingerprint density at radius 2 is 1.72 bits per heavy atom. The SMILES string of the molecule is CCNC(=O)C(C)(C)CN=C(NCC)NCC(O)c1ccc(OC(F)F)cc1.I. The summed E-state index contributed by atoms with van der Waals surface area (Å²) in [7, 11) is 0. The summed E-state index contributed by atoms with van der Waals surface area (Å²) in [4.78, 5) is 16.5. The fraction of sp³-hybridized carbons (Fsp3) is 0.579. The second-order valence-electron chi connectivity index (χ2n) is 6.78. The maximum atomic E-state index is 12.2. The van der Waals surface area contributed by atoms with Crippen LogP contribution >= 0.6 is 24.0 Å². The number of guanidine groups is 1. The fourth-order valence-electron chi connectivity index (χ4n) is 2.27. The van der Waals surface area contributed by atoms with E-state index < -0.39 is 18.1 Å². The average Bonchev–Trinajstić information content (AvgIpc) is 2.64. The number of hydrogen-bond acceptors (Lipinski definition) is 4. The molecule has 1 rings (SSSR count). The number of aliphatic hydroxyl groups excluding tert-OH is 1. The van der Waals surface area contributed by atoms with Gasteiger partial charge in [-0.3, -0.25) is 9.79 Å². The van der Waals surface area contributed by atoms with E-state index in [0.29, 0.717) is 24.6 Å². The van der Waals surface area contributed by atoms with Gasteiger partial charge >= 0.3 is 6.61 Å². The lowest BCUT2D eigenvalue weighted by Gasteiger charge is -2.22. The van der Waals surface area contributed by atoms with Crippen LogP contribution in [-0.2, 0) is 4.79 Å². The molecule has 4 N–H and O–H groups in total. The Morgan fingerprint density at radius 1 is 1.14 bits per heavy atom. The number of amides is 1. The molecular weight excluding hydrogens is 497 g/mol. The second-order valence-corrected chi connectivity index (χ2v) is 6.78. The normalized spacial score (nSPS) is 12.8.